The van der Waals surface area contributed by atoms with E-state index in [1.807, 2.05) is 54.3 Å². The van der Waals surface area contributed by atoms with Crippen LogP contribution in [0.5, 0.6) is 0 Å². The van der Waals surface area contributed by atoms with Crippen LogP contribution in [0, 0.1) is 6.92 Å². The van der Waals surface area contributed by atoms with Gasteiger partial charge in [-0.05, 0) is 30.7 Å². The first-order valence-corrected chi connectivity index (χ1v) is 9.78. The summed E-state index contributed by atoms with van der Waals surface area (Å²) in [4.78, 5) is 29.5. The number of anilines is 1. The molecule has 0 radical (unpaired) electrons. The van der Waals surface area contributed by atoms with Crippen LogP contribution >= 0.6 is 0 Å². The minimum atomic E-state index is -0.318. The Kier molecular flexibility index (Phi) is 5.31. The monoisotopic (exact) mass is 392 g/mol. The fourth-order valence-corrected chi connectivity index (χ4v) is 3.72. The molecule has 29 heavy (non-hydrogen) atoms. The number of amides is 2. The SMILES string of the molecule is Cc1cc(NC(=O)C(C)N2CCN(C(=O)c3cccc4ccccc34)CC2)no1. The molecule has 1 fully saturated rings. The highest BCUT2D eigenvalue weighted by Crippen LogP contribution is 2.21. The lowest BCUT2D eigenvalue weighted by molar-refractivity contribution is -0.121. The summed E-state index contributed by atoms with van der Waals surface area (Å²) in [6, 6.07) is 15.1. The molecule has 7 heteroatoms. The third-order valence-electron chi connectivity index (χ3n) is 5.43. The van der Waals surface area contributed by atoms with Crippen molar-refractivity contribution in [2.24, 2.45) is 0 Å². The van der Waals surface area contributed by atoms with Gasteiger partial charge in [-0.1, -0.05) is 41.6 Å². The Bertz CT molecular complexity index is 1030. The standard InChI is InChI=1S/C22H24N4O3/c1-15-14-20(24-29-15)23-21(27)16(2)25-10-12-26(13-11-25)22(28)19-9-5-7-17-6-3-4-8-18(17)19/h3-9,14,16H,10-13H2,1-2H3,(H,23,24,27). The Morgan fingerprint density at radius 3 is 2.52 bits per heavy atom. The zero-order valence-corrected chi connectivity index (χ0v) is 16.6. The van der Waals surface area contributed by atoms with Gasteiger partial charge < -0.3 is 14.7 Å². The van der Waals surface area contributed by atoms with Gasteiger partial charge in [-0.15, -0.1) is 0 Å². The van der Waals surface area contributed by atoms with Crippen LogP contribution in [0.4, 0.5) is 5.82 Å². The molecule has 2 heterocycles. The number of nitrogens with zero attached hydrogens (tertiary/aromatic N) is 3. The van der Waals surface area contributed by atoms with Crippen molar-refractivity contribution >= 4 is 28.4 Å². The smallest absolute Gasteiger partial charge is 0.254 e. The highest BCUT2D eigenvalue weighted by molar-refractivity contribution is 6.07. The summed E-state index contributed by atoms with van der Waals surface area (Å²) in [7, 11) is 0. The Morgan fingerprint density at radius 2 is 1.79 bits per heavy atom. The van der Waals surface area contributed by atoms with Gasteiger partial charge in [0.1, 0.15) is 5.76 Å². The Labute approximate surface area is 169 Å². The summed E-state index contributed by atoms with van der Waals surface area (Å²) in [5.74, 6) is 0.974. The number of carbonyl (C=O) groups excluding carboxylic acids is 2. The molecule has 4 rings (SSSR count). The normalized spacial score (nSPS) is 16.0. The van der Waals surface area contributed by atoms with Crippen LogP contribution in [-0.4, -0.2) is 59.0 Å². The van der Waals surface area contributed by atoms with Crippen molar-refractivity contribution in [3.63, 3.8) is 0 Å². The van der Waals surface area contributed by atoms with Crippen molar-refractivity contribution in [3.8, 4) is 0 Å². The second-order valence-corrected chi connectivity index (χ2v) is 7.34. The van der Waals surface area contributed by atoms with E-state index in [0.717, 1.165) is 16.3 Å². The van der Waals surface area contributed by atoms with E-state index < -0.39 is 0 Å². The van der Waals surface area contributed by atoms with Crippen LogP contribution in [0.3, 0.4) is 0 Å². The van der Waals surface area contributed by atoms with E-state index in [1.54, 1.807) is 13.0 Å². The van der Waals surface area contributed by atoms with Crippen LogP contribution in [0.25, 0.3) is 10.8 Å². The number of hydrogen-bond donors (Lipinski definition) is 1. The first-order valence-electron chi connectivity index (χ1n) is 9.78. The number of rotatable bonds is 4. The summed E-state index contributed by atoms with van der Waals surface area (Å²) >= 11 is 0. The van der Waals surface area contributed by atoms with Gasteiger partial charge >= 0.3 is 0 Å². The number of aryl methyl sites for hydroxylation is 1. The zero-order valence-electron chi connectivity index (χ0n) is 16.6. The minimum absolute atomic E-state index is 0.0385. The van der Waals surface area contributed by atoms with Gasteiger partial charge in [0.25, 0.3) is 5.91 Å². The Balaban J connectivity index is 1.38. The summed E-state index contributed by atoms with van der Waals surface area (Å²) in [6.07, 6.45) is 0. The second-order valence-electron chi connectivity index (χ2n) is 7.34. The fourth-order valence-electron chi connectivity index (χ4n) is 3.72. The number of aromatic nitrogens is 1. The molecular weight excluding hydrogens is 368 g/mol. The van der Waals surface area contributed by atoms with Crippen molar-refractivity contribution in [2.45, 2.75) is 19.9 Å². The molecule has 1 aliphatic rings. The van der Waals surface area contributed by atoms with E-state index in [4.69, 9.17) is 4.52 Å². The highest BCUT2D eigenvalue weighted by atomic mass is 16.5. The Hall–Kier alpha value is -3.19. The topological polar surface area (TPSA) is 78.7 Å². The first-order chi connectivity index (χ1) is 14.0. The molecule has 0 saturated carbocycles. The average molecular weight is 392 g/mol. The predicted octanol–water partition coefficient (Wildman–Crippen LogP) is 2.92. The summed E-state index contributed by atoms with van der Waals surface area (Å²) < 4.78 is 4.98. The maximum absolute atomic E-state index is 13.1. The molecule has 0 bridgehead atoms. The largest absolute Gasteiger partial charge is 0.360 e. The second kappa shape index (κ2) is 8.05. The molecule has 1 unspecified atom stereocenters. The first kappa shape index (κ1) is 19.1. The van der Waals surface area contributed by atoms with E-state index in [2.05, 4.69) is 15.4 Å². The summed E-state index contributed by atoms with van der Waals surface area (Å²) in [5.41, 5.74) is 0.726. The fraction of sp³-hybridized carbons (Fsp3) is 0.318. The third-order valence-corrected chi connectivity index (χ3v) is 5.43. The molecule has 3 aromatic rings. The summed E-state index contributed by atoms with van der Waals surface area (Å²) in [5, 5.41) is 8.60. The number of carbonyl (C=O) groups is 2. The molecule has 2 aromatic carbocycles. The van der Waals surface area contributed by atoms with Crippen molar-refractivity contribution in [1.82, 2.24) is 15.0 Å². The maximum Gasteiger partial charge on any atom is 0.254 e. The van der Waals surface area contributed by atoms with E-state index in [9.17, 15) is 9.59 Å². The number of nitrogens with one attached hydrogen (secondary N) is 1. The van der Waals surface area contributed by atoms with E-state index in [-0.39, 0.29) is 17.9 Å². The molecule has 1 saturated heterocycles. The summed E-state index contributed by atoms with van der Waals surface area (Å²) in [6.45, 7) is 6.10. The maximum atomic E-state index is 13.1. The quantitative estimate of drug-likeness (QED) is 0.739. The molecule has 1 aromatic heterocycles. The molecule has 2 amide bonds. The lowest BCUT2D eigenvalue weighted by Gasteiger charge is -2.37. The number of hydrogen-bond acceptors (Lipinski definition) is 5. The zero-order chi connectivity index (χ0) is 20.4. The van der Waals surface area contributed by atoms with E-state index >= 15 is 0 Å². The van der Waals surface area contributed by atoms with Crippen molar-refractivity contribution in [1.29, 1.82) is 0 Å². The number of benzene rings is 2. The molecular formula is C22H24N4O3. The van der Waals surface area contributed by atoms with Gasteiger partial charge in [-0.2, -0.15) is 0 Å². The van der Waals surface area contributed by atoms with Gasteiger partial charge in [0.2, 0.25) is 5.91 Å². The van der Waals surface area contributed by atoms with Gasteiger partial charge in [-0.3, -0.25) is 14.5 Å². The van der Waals surface area contributed by atoms with Crippen LogP contribution in [0.1, 0.15) is 23.0 Å². The molecule has 7 nitrogen and oxygen atoms in total. The lowest BCUT2D eigenvalue weighted by Crippen LogP contribution is -2.54. The highest BCUT2D eigenvalue weighted by Gasteiger charge is 2.28. The van der Waals surface area contributed by atoms with Crippen molar-refractivity contribution < 1.29 is 14.1 Å². The minimum Gasteiger partial charge on any atom is -0.360 e. The third kappa shape index (κ3) is 4.00. The Morgan fingerprint density at radius 1 is 1.07 bits per heavy atom. The molecule has 1 aliphatic heterocycles. The number of fused-ring (bicyclic) bond motifs is 1. The van der Waals surface area contributed by atoms with Crippen LogP contribution < -0.4 is 5.32 Å². The van der Waals surface area contributed by atoms with Gasteiger partial charge in [0.05, 0.1) is 6.04 Å². The molecule has 0 spiro atoms. The van der Waals surface area contributed by atoms with E-state index in [1.165, 1.54) is 0 Å². The average Bonchev–Trinajstić information content (AvgIpc) is 3.16. The predicted molar refractivity (Wildman–Crippen MR) is 111 cm³/mol. The molecule has 150 valence electrons. The van der Waals surface area contributed by atoms with Gasteiger partial charge in [-0.25, -0.2) is 0 Å². The van der Waals surface area contributed by atoms with Crippen LogP contribution in [-0.2, 0) is 4.79 Å². The molecule has 1 N–H and O–H groups in total. The van der Waals surface area contributed by atoms with Crippen molar-refractivity contribution in [3.05, 3.63) is 59.9 Å². The van der Waals surface area contributed by atoms with Crippen molar-refractivity contribution in [2.75, 3.05) is 31.5 Å². The van der Waals surface area contributed by atoms with E-state index in [0.29, 0.717) is 37.8 Å². The lowest BCUT2D eigenvalue weighted by atomic mass is 10.0. The van der Waals surface area contributed by atoms with Gasteiger partial charge in [0.15, 0.2) is 5.82 Å². The van der Waals surface area contributed by atoms with Gasteiger partial charge in [0, 0.05) is 37.8 Å². The number of piperazine rings is 1. The molecule has 1 atom stereocenters. The molecule has 0 aliphatic carbocycles. The van der Waals surface area contributed by atoms with Crippen LogP contribution in [0.15, 0.2) is 53.1 Å². The van der Waals surface area contributed by atoms with Crippen LogP contribution in [0.2, 0.25) is 0 Å².